The van der Waals surface area contributed by atoms with Gasteiger partial charge in [0.15, 0.2) is 0 Å². The number of nitrogens with zero attached hydrogens (tertiary/aromatic N) is 1. The number of thioether (sulfide) groups is 1. The first kappa shape index (κ1) is 14.3. The van der Waals surface area contributed by atoms with Gasteiger partial charge < -0.3 is 15.2 Å². The summed E-state index contributed by atoms with van der Waals surface area (Å²) < 4.78 is 4.82. The van der Waals surface area contributed by atoms with Crippen molar-refractivity contribution in [1.82, 2.24) is 10.2 Å². The van der Waals surface area contributed by atoms with Crippen molar-refractivity contribution >= 4 is 23.6 Å². The number of carboxylic acid groups (broad SMARTS) is 1. The maximum Gasteiger partial charge on any atom is 0.321 e. The second-order valence-corrected chi connectivity index (χ2v) is 4.89. The maximum absolute atomic E-state index is 11.5. The van der Waals surface area contributed by atoms with Gasteiger partial charge >= 0.3 is 5.97 Å². The molecular weight excluding hydrogens is 244 g/mol. The standard InChI is InChI=1S/C10H18N2O4S/c1-16-4-2-11-9(13)6-12-3-5-17-7-8(12)10(14)15/h8H,2-7H2,1H3,(H,11,13)(H,14,15). The van der Waals surface area contributed by atoms with E-state index in [1.807, 2.05) is 0 Å². The zero-order valence-electron chi connectivity index (χ0n) is 9.85. The first-order valence-corrected chi connectivity index (χ1v) is 6.61. The summed E-state index contributed by atoms with van der Waals surface area (Å²) >= 11 is 1.61. The number of methoxy groups -OCH3 is 1. The predicted molar refractivity (Wildman–Crippen MR) is 65.2 cm³/mol. The van der Waals surface area contributed by atoms with Crippen molar-refractivity contribution in [3.63, 3.8) is 0 Å². The Hall–Kier alpha value is -0.790. The average molecular weight is 262 g/mol. The lowest BCUT2D eigenvalue weighted by atomic mass is 10.2. The van der Waals surface area contributed by atoms with Crippen molar-refractivity contribution < 1.29 is 19.4 Å². The third kappa shape index (κ3) is 4.93. The molecule has 0 aromatic carbocycles. The number of hydrogen-bond donors (Lipinski definition) is 2. The number of carboxylic acids is 1. The van der Waals surface area contributed by atoms with E-state index in [1.54, 1.807) is 23.8 Å². The lowest BCUT2D eigenvalue weighted by Crippen LogP contribution is -2.51. The van der Waals surface area contributed by atoms with Crippen molar-refractivity contribution in [3.05, 3.63) is 0 Å². The summed E-state index contributed by atoms with van der Waals surface area (Å²) in [6, 6.07) is -0.554. The van der Waals surface area contributed by atoms with Crippen LogP contribution in [0.4, 0.5) is 0 Å². The molecule has 7 heteroatoms. The molecule has 1 fully saturated rings. The number of amides is 1. The number of aliphatic carboxylic acids is 1. The fraction of sp³-hybridized carbons (Fsp3) is 0.800. The first-order chi connectivity index (χ1) is 8.15. The van der Waals surface area contributed by atoms with Gasteiger partial charge in [-0.05, 0) is 0 Å². The van der Waals surface area contributed by atoms with E-state index in [1.165, 1.54) is 0 Å². The van der Waals surface area contributed by atoms with Crippen LogP contribution in [0.5, 0.6) is 0 Å². The van der Waals surface area contributed by atoms with Crippen LogP contribution in [-0.2, 0) is 14.3 Å². The molecule has 2 N–H and O–H groups in total. The zero-order chi connectivity index (χ0) is 12.7. The molecule has 1 aliphatic rings. The van der Waals surface area contributed by atoms with Crippen LogP contribution in [0, 0.1) is 0 Å². The lowest BCUT2D eigenvalue weighted by molar-refractivity contribution is -0.143. The Morgan fingerprint density at radius 1 is 1.59 bits per heavy atom. The molecule has 1 saturated heterocycles. The molecule has 1 amide bonds. The zero-order valence-corrected chi connectivity index (χ0v) is 10.7. The molecule has 0 aromatic heterocycles. The topological polar surface area (TPSA) is 78.9 Å². The first-order valence-electron chi connectivity index (χ1n) is 5.45. The molecule has 0 spiro atoms. The molecule has 1 unspecified atom stereocenters. The normalized spacial score (nSPS) is 21.1. The molecule has 6 nitrogen and oxygen atoms in total. The van der Waals surface area contributed by atoms with E-state index in [-0.39, 0.29) is 12.5 Å². The van der Waals surface area contributed by atoms with Gasteiger partial charge in [0, 0.05) is 31.7 Å². The Balaban J connectivity index is 2.36. The molecule has 1 heterocycles. The summed E-state index contributed by atoms with van der Waals surface area (Å²) in [5.74, 6) is 0.401. The minimum atomic E-state index is -0.859. The van der Waals surface area contributed by atoms with E-state index in [9.17, 15) is 9.59 Å². The van der Waals surface area contributed by atoms with Crippen molar-refractivity contribution in [2.24, 2.45) is 0 Å². The summed E-state index contributed by atoms with van der Waals surface area (Å²) in [5, 5.41) is 11.7. The molecule has 98 valence electrons. The fourth-order valence-electron chi connectivity index (χ4n) is 1.59. The monoisotopic (exact) mass is 262 g/mol. The number of nitrogens with one attached hydrogen (secondary N) is 1. The smallest absolute Gasteiger partial charge is 0.321 e. The van der Waals surface area contributed by atoms with Crippen LogP contribution in [0.3, 0.4) is 0 Å². The van der Waals surface area contributed by atoms with Crippen molar-refractivity contribution in [1.29, 1.82) is 0 Å². The summed E-state index contributed by atoms with van der Waals surface area (Å²) in [5.41, 5.74) is 0. The molecule has 1 rings (SSSR count). The molecule has 0 radical (unpaired) electrons. The molecule has 0 aliphatic carbocycles. The Labute approximate surface area is 105 Å². The van der Waals surface area contributed by atoms with E-state index in [0.717, 1.165) is 5.75 Å². The van der Waals surface area contributed by atoms with Crippen molar-refractivity contribution in [2.45, 2.75) is 6.04 Å². The van der Waals surface area contributed by atoms with Crippen LogP contribution >= 0.6 is 11.8 Å². The second-order valence-electron chi connectivity index (χ2n) is 3.74. The second kappa shape index (κ2) is 7.52. The number of rotatable bonds is 6. The van der Waals surface area contributed by atoms with Crippen LogP contribution in [-0.4, -0.2) is 72.8 Å². The molecular formula is C10H18N2O4S. The Morgan fingerprint density at radius 3 is 3.00 bits per heavy atom. The molecule has 0 bridgehead atoms. The van der Waals surface area contributed by atoms with E-state index in [4.69, 9.17) is 9.84 Å². The van der Waals surface area contributed by atoms with Crippen molar-refractivity contribution in [2.75, 3.05) is 44.9 Å². The van der Waals surface area contributed by atoms with Gasteiger partial charge in [0.25, 0.3) is 0 Å². The highest BCUT2D eigenvalue weighted by atomic mass is 32.2. The van der Waals surface area contributed by atoms with Gasteiger partial charge in [-0.1, -0.05) is 0 Å². The summed E-state index contributed by atoms with van der Waals surface area (Å²) in [7, 11) is 1.56. The largest absolute Gasteiger partial charge is 0.480 e. The van der Waals surface area contributed by atoms with Crippen molar-refractivity contribution in [3.8, 4) is 0 Å². The van der Waals surface area contributed by atoms with Gasteiger partial charge in [0.1, 0.15) is 6.04 Å². The number of ether oxygens (including phenoxy) is 1. The highest BCUT2D eigenvalue weighted by molar-refractivity contribution is 7.99. The van der Waals surface area contributed by atoms with Crippen LogP contribution in [0.25, 0.3) is 0 Å². The van der Waals surface area contributed by atoms with Crippen LogP contribution in [0.1, 0.15) is 0 Å². The minimum Gasteiger partial charge on any atom is -0.480 e. The summed E-state index contributed by atoms with van der Waals surface area (Å²) in [4.78, 5) is 24.3. The summed E-state index contributed by atoms with van der Waals surface area (Å²) in [6.07, 6.45) is 0. The molecule has 0 saturated carbocycles. The minimum absolute atomic E-state index is 0.140. The summed E-state index contributed by atoms with van der Waals surface area (Å²) in [6.45, 7) is 1.69. The molecule has 1 aliphatic heterocycles. The number of carbonyl (C=O) groups excluding carboxylic acids is 1. The van der Waals surface area contributed by atoms with Gasteiger partial charge in [0.2, 0.25) is 5.91 Å². The van der Waals surface area contributed by atoms with Gasteiger partial charge in [-0.25, -0.2) is 0 Å². The Bertz CT molecular complexity index is 275. The van der Waals surface area contributed by atoms with Crippen LogP contribution in [0.2, 0.25) is 0 Å². The van der Waals surface area contributed by atoms with E-state index in [2.05, 4.69) is 5.32 Å². The van der Waals surface area contributed by atoms with Crippen LogP contribution in [0.15, 0.2) is 0 Å². The third-order valence-electron chi connectivity index (χ3n) is 2.50. The highest BCUT2D eigenvalue weighted by Crippen LogP contribution is 2.16. The molecule has 1 atom stereocenters. The van der Waals surface area contributed by atoms with Gasteiger partial charge in [-0.3, -0.25) is 14.5 Å². The Kier molecular flexibility index (Phi) is 6.31. The average Bonchev–Trinajstić information content (AvgIpc) is 2.29. The van der Waals surface area contributed by atoms with Gasteiger partial charge in [-0.15, -0.1) is 0 Å². The third-order valence-corrected chi connectivity index (χ3v) is 3.52. The van der Waals surface area contributed by atoms with E-state index >= 15 is 0 Å². The number of hydrogen-bond acceptors (Lipinski definition) is 5. The molecule has 0 aromatic rings. The van der Waals surface area contributed by atoms with Gasteiger partial charge in [-0.2, -0.15) is 11.8 Å². The van der Waals surface area contributed by atoms with Crippen LogP contribution < -0.4 is 5.32 Å². The SMILES string of the molecule is COCCNC(=O)CN1CCSCC1C(=O)O. The van der Waals surface area contributed by atoms with E-state index < -0.39 is 12.0 Å². The number of carbonyl (C=O) groups is 2. The Morgan fingerprint density at radius 2 is 2.35 bits per heavy atom. The van der Waals surface area contributed by atoms with E-state index in [0.29, 0.717) is 25.4 Å². The highest BCUT2D eigenvalue weighted by Gasteiger charge is 2.29. The maximum atomic E-state index is 11.5. The predicted octanol–water partition coefficient (Wildman–Crippen LogP) is -0.749. The molecule has 17 heavy (non-hydrogen) atoms. The lowest BCUT2D eigenvalue weighted by Gasteiger charge is -2.31. The fourth-order valence-corrected chi connectivity index (χ4v) is 2.69. The quantitative estimate of drug-likeness (QED) is 0.613. The van der Waals surface area contributed by atoms with Gasteiger partial charge in [0.05, 0.1) is 13.2 Å².